The van der Waals surface area contributed by atoms with E-state index in [1.807, 2.05) is 44.4 Å². The Morgan fingerprint density at radius 3 is 2.48 bits per heavy atom. The molecule has 4 nitrogen and oxygen atoms in total. The van der Waals surface area contributed by atoms with Gasteiger partial charge in [0, 0.05) is 25.6 Å². The van der Waals surface area contributed by atoms with Gasteiger partial charge in [-0.3, -0.25) is 4.79 Å². The summed E-state index contributed by atoms with van der Waals surface area (Å²) in [5.41, 5.74) is 7.26. The first-order valence-corrected chi connectivity index (χ1v) is 7.52. The highest BCUT2D eigenvalue weighted by molar-refractivity contribution is 5.75. The van der Waals surface area contributed by atoms with E-state index < -0.39 is 0 Å². The third-order valence-electron chi connectivity index (χ3n) is 3.42. The minimum absolute atomic E-state index is 0.0701. The fraction of sp³-hybridized carbons (Fsp3) is 0.588. The molecule has 0 aromatic heterocycles. The number of benzene rings is 1. The Labute approximate surface area is 128 Å². The molecule has 0 aliphatic carbocycles. The summed E-state index contributed by atoms with van der Waals surface area (Å²) >= 11 is 0. The van der Waals surface area contributed by atoms with E-state index in [-0.39, 0.29) is 17.4 Å². The molecule has 0 aliphatic heterocycles. The predicted octanol–water partition coefficient (Wildman–Crippen LogP) is 2.17. The minimum atomic E-state index is -0.0771. The van der Waals surface area contributed by atoms with Crippen LogP contribution in [0, 0.1) is 5.41 Å². The van der Waals surface area contributed by atoms with Crippen LogP contribution in [0.1, 0.15) is 38.3 Å². The molecule has 0 spiro atoms. The number of rotatable bonds is 8. The third kappa shape index (κ3) is 7.25. The molecule has 3 N–H and O–H groups in total. The zero-order valence-electron chi connectivity index (χ0n) is 13.7. The summed E-state index contributed by atoms with van der Waals surface area (Å²) in [5.74, 6) is 0.0770. The second-order valence-electron chi connectivity index (χ2n) is 6.73. The van der Waals surface area contributed by atoms with E-state index in [4.69, 9.17) is 5.73 Å². The van der Waals surface area contributed by atoms with Gasteiger partial charge in [0.15, 0.2) is 0 Å². The molecule has 1 aromatic carbocycles. The third-order valence-corrected chi connectivity index (χ3v) is 3.42. The molecule has 0 heterocycles. The highest BCUT2D eigenvalue weighted by Gasteiger charge is 2.19. The molecule has 1 unspecified atom stereocenters. The van der Waals surface area contributed by atoms with Gasteiger partial charge in [-0.1, -0.05) is 44.2 Å². The summed E-state index contributed by atoms with van der Waals surface area (Å²) in [7, 11) is 4.09. The molecule has 1 atom stereocenters. The van der Waals surface area contributed by atoms with Crippen LogP contribution in [0.2, 0.25) is 0 Å². The normalized spacial score (nSPS) is 13.2. The van der Waals surface area contributed by atoms with Crippen LogP contribution >= 0.6 is 0 Å². The molecule has 0 aliphatic rings. The lowest BCUT2D eigenvalue weighted by Crippen LogP contribution is -2.40. The standard InChI is InChI=1S/C17H29N3O/c1-17(2,13-20(3)4)12-19-16(21)11-10-15(18)14-8-6-5-7-9-14/h5-9,15H,10-13,18H2,1-4H3,(H,19,21). The fourth-order valence-electron chi connectivity index (χ4n) is 2.49. The number of carbonyl (C=O) groups is 1. The maximum absolute atomic E-state index is 11.9. The zero-order chi connectivity index (χ0) is 15.9. The predicted molar refractivity (Wildman–Crippen MR) is 87.9 cm³/mol. The van der Waals surface area contributed by atoms with Gasteiger partial charge in [-0.25, -0.2) is 0 Å². The van der Waals surface area contributed by atoms with Crippen LogP contribution in [-0.2, 0) is 4.79 Å². The van der Waals surface area contributed by atoms with Crippen molar-refractivity contribution in [2.75, 3.05) is 27.2 Å². The van der Waals surface area contributed by atoms with Crippen LogP contribution in [0.3, 0.4) is 0 Å². The van der Waals surface area contributed by atoms with Crippen LogP contribution in [0.15, 0.2) is 30.3 Å². The maximum Gasteiger partial charge on any atom is 0.220 e. The molecule has 4 heteroatoms. The maximum atomic E-state index is 11.9. The van der Waals surface area contributed by atoms with Crippen molar-refractivity contribution in [1.29, 1.82) is 0 Å². The molecule has 0 saturated carbocycles. The molecule has 0 fully saturated rings. The number of nitrogens with one attached hydrogen (secondary N) is 1. The quantitative estimate of drug-likeness (QED) is 0.772. The van der Waals surface area contributed by atoms with Crippen molar-refractivity contribution in [1.82, 2.24) is 10.2 Å². The summed E-state index contributed by atoms with van der Waals surface area (Å²) < 4.78 is 0. The average molecular weight is 291 g/mol. The summed E-state index contributed by atoms with van der Waals surface area (Å²) in [6.45, 7) is 5.94. The summed E-state index contributed by atoms with van der Waals surface area (Å²) in [4.78, 5) is 14.1. The lowest BCUT2D eigenvalue weighted by atomic mass is 9.93. The van der Waals surface area contributed by atoms with Crippen LogP contribution in [0.4, 0.5) is 0 Å². The Morgan fingerprint density at radius 2 is 1.90 bits per heavy atom. The highest BCUT2D eigenvalue weighted by Crippen LogP contribution is 2.16. The Morgan fingerprint density at radius 1 is 1.29 bits per heavy atom. The lowest BCUT2D eigenvalue weighted by Gasteiger charge is -2.28. The molecule has 118 valence electrons. The molecular weight excluding hydrogens is 262 g/mol. The molecule has 0 bridgehead atoms. The first-order valence-electron chi connectivity index (χ1n) is 7.52. The van der Waals surface area contributed by atoms with Gasteiger partial charge in [-0.2, -0.15) is 0 Å². The number of hydrogen-bond acceptors (Lipinski definition) is 3. The van der Waals surface area contributed by atoms with Gasteiger partial charge in [-0.05, 0) is 31.5 Å². The number of hydrogen-bond donors (Lipinski definition) is 2. The van der Waals surface area contributed by atoms with E-state index in [9.17, 15) is 4.79 Å². The smallest absolute Gasteiger partial charge is 0.220 e. The average Bonchev–Trinajstić information content (AvgIpc) is 2.42. The Bertz CT molecular complexity index is 429. The summed E-state index contributed by atoms with van der Waals surface area (Å²) in [5, 5.41) is 3.01. The van der Waals surface area contributed by atoms with Crippen LogP contribution in [-0.4, -0.2) is 38.0 Å². The van der Waals surface area contributed by atoms with Crippen LogP contribution < -0.4 is 11.1 Å². The first kappa shape index (κ1) is 17.7. The van der Waals surface area contributed by atoms with E-state index in [0.29, 0.717) is 19.4 Å². The minimum Gasteiger partial charge on any atom is -0.356 e. The van der Waals surface area contributed by atoms with Gasteiger partial charge in [-0.15, -0.1) is 0 Å². The Kier molecular flexibility index (Phi) is 6.85. The number of carbonyl (C=O) groups excluding carboxylic acids is 1. The fourth-order valence-corrected chi connectivity index (χ4v) is 2.49. The zero-order valence-corrected chi connectivity index (χ0v) is 13.7. The van der Waals surface area contributed by atoms with Crippen LogP contribution in [0.5, 0.6) is 0 Å². The molecule has 0 radical (unpaired) electrons. The number of nitrogens with zero attached hydrogens (tertiary/aromatic N) is 1. The Hall–Kier alpha value is -1.39. The van der Waals surface area contributed by atoms with Crippen molar-refractivity contribution >= 4 is 5.91 Å². The van der Waals surface area contributed by atoms with Crippen molar-refractivity contribution in [3.63, 3.8) is 0 Å². The van der Waals surface area contributed by atoms with E-state index in [1.54, 1.807) is 0 Å². The van der Waals surface area contributed by atoms with Crippen molar-refractivity contribution < 1.29 is 4.79 Å². The van der Waals surface area contributed by atoms with Gasteiger partial charge >= 0.3 is 0 Å². The van der Waals surface area contributed by atoms with Crippen molar-refractivity contribution in [2.24, 2.45) is 11.1 Å². The second kappa shape index (κ2) is 8.15. The van der Waals surface area contributed by atoms with E-state index in [1.165, 1.54) is 0 Å². The van der Waals surface area contributed by atoms with E-state index in [2.05, 4.69) is 24.1 Å². The van der Waals surface area contributed by atoms with Gasteiger partial charge in [0.05, 0.1) is 0 Å². The first-order chi connectivity index (χ1) is 9.80. The van der Waals surface area contributed by atoms with Crippen molar-refractivity contribution in [3.8, 4) is 0 Å². The Balaban J connectivity index is 2.31. The topological polar surface area (TPSA) is 58.4 Å². The SMILES string of the molecule is CN(C)CC(C)(C)CNC(=O)CCC(N)c1ccccc1. The monoisotopic (exact) mass is 291 g/mol. The van der Waals surface area contributed by atoms with Crippen molar-refractivity contribution in [3.05, 3.63) is 35.9 Å². The molecular formula is C17H29N3O. The van der Waals surface area contributed by atoms with Crippen molar-refractivity contribution in [2.45, 2.75) is 32.7 Å². The van der Waals surface area contributed by atoms with Gasteiger partial charge in [0.1, 0.15) is 0 Å². The molecule has 1 rings (SSSR count). The second-order valence-corrected chi connectivity index (χ2v) is 6.73. The van der Waals surface area contributed by atoms with E-state index in [0.717, 1.165) is 12.1 Å². The van der Waals surface area contributed by atoms with Gasteiger partial charge in [0.2, 0.25) is 5.91 Å². The summed E-state index contributed by atoms with van der Waals surface area (Å²) in [6.07, 6.45) is 1.14. The number of nitrogens with two attached hydrogens (primary N) is 1. The van der Waals surface area contributed by atoms with Crippen LogP contribution in [0.25, 0.3) is 0 Å². The molecule has 1 amide bonds. The highest BCUT2D eigenvalue weighted by atomic mass is 16.1. The van der Waals surface area contributed by atoms with E-state index >= 15 is 0 Å². The molecule has 21 heavy (non-hydrogen) atoms. The molecule has 0 saturated heterocycles. The van der Waals surface area contributed by atoms with Gasteiger partial charge < -0.3 is 16.0 Å². The number of amides is 1. The van der Waals surface area contributed by atoms with Gasteiger partial charge in [0.25, 0.3) is 0 Å². The largest absolute Gasteiger partial charge is 0.356 e. The lowest BCUT2D eigenvalue weighted by molar-refractivity contribution is -0.121. The summed E-state index contributed by atoms with van der Waals surface area (Å²) in [6, 6.07) is 9.84. The molecule has 1 aromatic rings.